The molecule has 2 aromatic heterocycles. The van der Waals surface area contributed by atoms with E-state index in [2.05, 4.69) is 53.2 Å². The quantitative estimate of drug-likeness (QED) is 0.919. The van der Waals surface area contributed by atoms with Crippen molar-refractivity contribution in [1.82, 2.24) is 20.0 Å². The summed E-state index contributed by atoms with van der Waals surface area (Å²) in [7, 11) is 0. The number of aromatic nitrogens is 3. The van der Waals surface area contributed by atoms with Crippen LogP contribution in [0.1, 0.15) is 68.4 Å². The fraction of sp³-hybridized carbons (Fsp3) is 0.625. The Hall–Kier alpha value is -1.62. The Labute approximate surface area is 125 Å². The van der Waals surface area contributed by atoms with Crippen molar-refractivity contribution in [1.29, 1.82) is 0 Å². The van der Waals surface area contributed by atoms with Gasteiger partial charge in [-0.15, -0.1) is 0 Å². The van der Waals surface area contributed by atoms with Crippen LogP contribution in [0.2, 0.25) is 0 Å². The Bertz CT molecular complexity index is 599. The highest BCUT2D eigenvalue weighted by Gasteiger charge is 2.21. The van der Waals surface area contributed by atoms with Gasteiger partial charge in [0.2, 0.25) is 5.89 Å². The molecule has 21 heavy (non-hydrogen) atoms. The maximum atomic E-state index is 5.34. The average molecular weight is 288 g/mol. The Balaban J connectivity index is 1.77. The average Bonchev–Trinajstić information content (AvgIpc) is 3.06. The van der Waals surface area contributed by atoms with E-state index in [0.717, 1.165) is 12.4 Å². The Morgan fingerprint density at radius 1 is 1.43 bits per heavy atom. The molecule has 0 spiro atoms. The lowest BCUT2D eigenvalue weighted by atomic mass is 9.91. The molecule has 0 saturated carbocycles. The summed E-state index contributed by atoms with van der Waals surface area (Å²) in [6, 6.07) is 0.494. The summed E-state index contributed by atoms with van der Waals surface area (Å²) in [5, 5.41) is 7.60. The second kappa shape index (κ2) is 6.02. The van der Waals surface area contributed by atoms with Gasteiger partial charge in [0.1, 0.15) is 6.54 Å². The third-order valence-electron chi connectivity index (χ3n) is 4.08. The van der Waals surface area contributed by atoms with Crippen molar-refractivity contribution >= 4 is 0 Å². The van der Waals surface area contributed by atoms with Gasteiger partial charge in [0, 0.05) is 24.4 Å². The Kier molecular flexibility index (Phi) is 4.10. The van der Waals surface area contributed by atoms with Crippen LogP contribution in [0.5, 0.6) is 0 Å². The van der Waals surface area contributed by atoms with E-state index in [1.165, 1.54) is 30.4 Å². The maximum Gasteiger partial charge on any atom is 0.246 e. The Morgan fingerprint density at radius 3 is 3.00 bits per heavy atom. The van der Waals surface area contributed by atoms with Gasteiger partial charge < -0.3 is 14.4 Å². The van der Waals surface area contributed by atoms with E-state index in [-0.39, 0.29) is 0 Å². The predicted octanol–water partition coefficient (Wildman–Crippen LogP) is 3.03. The molecular weight excluding hydrogens is 264 g/mol. The largest absolute Gasteiger partial charge is 0.344 e. The fourth-order valence-corrected chi connectivity index (χ4v) is 3.02. The fourth-order valence-electron chi connectivity index (χ4n) is 3.02. The molecule has 5 heteroatoms. The van der Waals surface area contributed by atoms with Gasteiger partial charge in [-0.05, 0) is 36.9 Å². The van der Waals surface area contributed by atoms with E-state index in [1.807, 2.05) is 0 Å². The van der Waals surface area contributed by atoms with Crippen LogP contribution in [-0.2, 0) is 13.0 Å². The smallest absolute Gasteiger partial charge is 0.246 e. The van der Waals surface area contributed by atoms with Crippen LogP contribution in [-0.4, -0.2) is 21.3 Å². The van der Waals surface area contributed by atoms with Crippen LogP contribution >= 0.6 is 0 Å². The first-order valence-electron chi connectivity index (χ1n) is 7.91. The number of hydrogen-bond acceptors (Lipinski definition) is 4. The molecule has 1 atom stereocenters. The summed E-state index contributed by atoms with van der Waals surface area (Å²) in [4.78, 5) is 4.45. The minimum atomic E-state index is 0.304. The first-order valence-corrected chi connectivity index (χ1v) is 7.91. The van der Waals surface area contributed by atoms with Crippen LogP contribution in [0.25, 0.3) is 0 Å². The van der Waals surface area contributed by atoms with Crippen LogP contribution < -0.4 is 5.32 Å². The van der Waals surface area contributed by atoms with E-state index in [4.69, 9.17) is 4.52 Å². The zero-order valence-corrected chi connectivity index (χ0v) is 13.1. The van der Waals surface area contributed by atoms with Crippen molar-refractivity contribution in [2.45, 2.75) is 58.5 Å². The lowest BCUT2D eigenvalue weighted by molar-refractivity contribution is 0.364. The lowest BCUT2D eigenvalue weighted by Gasteiger charge is -2.22. The summed E-state index contributed by atoms with van der Waals surface area (Å²) in [6.07, 6.45) is 8.13. The van der Waals surface area contributed by atoms with Gasteiger partial charge in [-0.2, -0.15) is 4.98 Å². The van der Waals surface area contributed by atoms with Crippen LogP contribution in [0.15, 0.2) is 16.9 Å². The second-order valence-electron chi connectivity index (χ2n) is 6.11. The molecule has 1 aliphatic rings. The minimum absolute atomic E-state index is 0.304. The molecule has 2 heterocycles. The van der Waals surface area contributed by atoms with Crippen LogP contribution in [0, 0.1) is 0 Å². The molecule has 0 aromatic carbocycles. The van der Waals surface area contributed by atoms with E-state index in [0.29, 0.717) is 24.4 Å². The van der Waals surface area contributed by atoms with Crippen molar-refractivity contribution in [2.24, 2.45) is 0 Å². The molecule has 0 bridgehead atoms. The van der Waals surface area contributed by atoms with E-state index in [1.54, 1.807) is 0 Å². The van der Waals surface area contributed by atoms with E-state index < -0.39 is 0 Å². The van der Waals surface area contributed by atoms with Gasteiger partial charge in [0.05, 0.1) is 0 Å². The summed E-state index contributed by atoms with van der Waals surface area (Å²) in [5.41, 5.74) is 2.89. The SMILES string of the molecule is CCNC1CCCc2cn(Cc3nc(C(C)C)no3)cc21. The molecule has 1 N–H and O–H groups in total. The minimum Gasteiger partial charge on any atom is -0.344 e. The molecule has 5 nitrogen and oxygen atoms in total. The molecule has 1 unspecified atom stereocenters. The van der Waals surface area contributed by atoms with Crippen molar-refractivity contribution in [3.05, 3.63) is 35.2 Å². The summed E-state index contributed by atoms with van der Waals surface area (Å²) < 4.78 is 7.52. The third kappa shape index (κ3) is 3.02. The highest BCUT2D eigenvalue weighted by molar-refractivity contribution is 5.30. The van der Waals surface area contributed by atoms with Crippen molar-refractivity contribution in [3.8, 4) is 0 Å². The predicted molar refractivity (Wildman–Crippen MR) is 81.3 cm³/mol. The van der Waals surface area contributed by atoms with Gasteiger partial charge in [-0.25, -0.2) is 0 Å². The first-order chi connectivity index (χ1) is 10.2. The van der Waals surface area contributed by atoms with Gasteiger partial charge in [0.15, 0.2) is 5.82 Å². The molecular formula is C16H24N4O. The van der Waals surface area contributed by atoms with E-state index >= 15 is 0 Å². The number of rotatable bonds is 5. The molecule has 0 radical (unpaired) electrons. The van der Waals surface area contributed by atoms with E-state index in [9.17, 15) is 0 Å². The number of aryl methyl sites for hydroxylation is 1. The number of nitrogens with zero attached hydrogens (tertiary/aromatic N) is 3. The molecule has 0 saturated heterocycles. The monoisotopic (exact) mass is 288 g/mol. The topological polar surface area (TPSA) is 55.9 Å². The molecule has 1 aliphatic carbocycles. The third-order valence-corrected chi connectivity index (χ3v) is 4.08. The lowest BCUT2D eigenvalue weighted by Crippen LogP contribution is -2.23. The maximum absolute atomic E-state index is 5.34. The molecule has 3 rings (SSSR count). The summed E-state index contributed by atoms with van der Waals surface area (Å²) in [5.74, 6) is 1.77. The number of hydrogen-bond donors (Lipinski definition) is 1. The van der Waals surface area contributed by atoms with Crippen molar-refractivity contribution < 1.29 is 4.52 Å². The van der Waals surface area contributed by atoms with Gasteiger partial charge in [-0.1, -0.05) is 25.9 Å². The molecule has 0 aliphatic heterocycles. The van der Waals surface area contributed by atoms with Crippen LogP contribution in [0.3, 0.4) is 0 Å². The number of fused-ring (bicyclic) bond motifs is 1. The highest BCUT2D eigenvalue weighted by atomic mass is 16.5. The molecule has 0 amide bonds. The second-order valence-corrected chi connectivity index (χ2v) is 6.11. The number of nitrogens with one attached hydrogen (secondary N) is 1. The van der Waals surface area contributed by atoms with Crippen molar-refractivity contribution in [2.75, 3.05) is 6.54 Å². The standard InChI is InChI=1S/C16H24N4O/c1-4-17-14-7-5-6-12-8-20(9-13(12)14)10-15-18-16(11(2)3)19-21-15/h8-9,11,14,17H,4-7,10H2,1-3H3. The summed E-state index contributed by atoms with van der Waals surface area (Å²) in [6.45, 7) is 7.98. The highest BCUT2D eigenvalue weighted by Crippen LogP contribution is 2.30. The van der Waals surface area contributed by atoms with Crippen LogP contribution in [0.4, 0.5) is 0 Å². The van der Waals surface area contributed by atoms with Gasteiger partial charge in [-0.3, -0.25) is 0 Å². The Morgan fingerprint density at radius 2 is 2.29 bits per heavy atom. The zero-order valence-electron chi connectivity index (χ0n) is 13.1. The molecule has 2 aromatic rings. The molecule has 0 fully saturated rings. The summed E-state index contributed by atoms with van der Waals surface area (Å²) >= 11 is 0. The molecule has 114 valence electrons. The van der Waals surface area contributed by atoms with Gasteiger partial charge >= 0.3 is 0 Å². The first kappa shape index (κ1) is 14.3. The normalized spacial score (nSPS) is 18.2. The zero-order chi connectivity index (χ0) is 14.8. The van der Waals surface area contributed by atoms with Gasteiger partial charge in [0.25, 0.3) is 0 Å². The van der Waals surface area contributed by atoms with Crippen molar-refractivity contribution in [3.63, 3.8) is 0 Å².